The number of alkyl halides is 3. The molecule has 1 aliphatic rings. The van der Waals surface area contributed by atoms with Crippen LogP contribution in [0.3, 0.4) is 0 Å². The molecule has 0 atom stereocenters. The van der Waals surface area contributed by atoms with Gasteiger partial charge in [-0.2, -0.15) is 13.2 Å². The number of para-hydroxylation sites is 2. The number of carbonyl (C=O) groups is 2. The summed E-state index contributed by atoms with van der Waals surface area (Å²) in [4.78, 5) is 31.4. The maximum Gasteiger partial charge on any atom is 0.390 e. The van der Waals surface area contributed by atoms with Gasteiger partial charge in [0.25, 0.3) is 5.91 Å². The van der Waals surface area contributed by atoms with Crippen LogP contribution < -0.4 is 15.1 Å². The van der Waals surface area contributed by atoms with Gasteiger partial charge in [-0.25, -0.2) is 4.98 Å². The van der Waals surface area contributed by atoms with Crippen molar-refractivity contribution in [3.05, 3.63) is 48.2 Å². The van der Waals surface area contributed by atoms with E-state index in [1.54, 1.807) is 24.3 Å². The zero-order valence-electron chi connectivity index (χ0n) is 17.2. The molecule has 9 heteroatoms. The number of benzene rings is 1. The first kappa shape index (κ1) is 23.2. The lowest BCUT2D eigenvalue weighted by Gasteiger charge is -2.29. The molecule has 0 saturated carbocycles. The van der Waals surface area contributed by atoms with Crippen molar-refractivity contribution in [1.29, 1.82) is 0 Å². The number of fused-ring (bicyclic) bond motifs is 1. The number of halogens is 3. The molecule has 0 unspecified atom stereocenters. The molecule has 3 rings (SSSR count). The van der Waals surface area contributed by atoms with Crippen LogP contribution in [0.5, 0.6) is 0 Å². The van der Waals surface area contributed by atoms with E-state index in [-0.39, 0.29) is 24.6 Å². The van der Waals surface area contributed by atoms with Crippen molar-refractivity contribution >= 4 is 29.0 Å². The Hall–Kier alpha value is -3.10. The van der Waals surface area contributed by atoms with Crippen molar-refractivity contribution in [2.75, 3.05) is 35.3 Å². The Morgan fingerprint density at radius 2 is 1.87 bits per heavy atom. The number of nitrogens with zero attached hydrogens (tertiary/aromatic N) is 3. The fourth-order valence-electron chi connectivity index (χ4n) is 2.72. The van der Waals surface area contributed by atoms with E-state index in [0.717, 1.165) is 0 Å². The summed E-state index contributed by atoms with van der Waals surface area (Å²) < 4.78 is 37.0. The van der Waals surface area contributed by atoms with Crippen LogP contribution in [-0.2, 0) is 4.79 Å². The molecule has 0 bridgehead atoms. The van der Waals surface area contributed by atoms with E-state index in [2.05, 4.69) is 24.1 Å². The fourth-order valence-corrected chi connectivity index (χ4v) is 2.72. The summed E-state index contributed by atoms with van der Waals surface area (Å²) in [6.45, 7) is 3.90. The van der Waals surface area contributed by atoms with Crippen LogP contribution in [0.1, 0.15) is 37.0 Å². The van der Waals surface area contributed by atoms with Crippen LogP contribution in [0.2, 0.25) is 0 Å². The molecular weight excluding hydrogens is 397 g/mol. The monoisotopic (exact) mass is 422 g/mol. The first-order valence-electron chi connectivity index (χ1n) is 9.61. The van der Waals surface area contributed by atoms with Crippen molar-refractivity contribution in [1.82, 2.24) is 4.98 Å². The van der Waals surface area contributed by atoms with Crippen molar-refractivity contribution in [2.45, 2.75) is 32.9 Å². The summed E-state index contributed by atoms with van der Waals surface area (Å²) in [5.74, 6) is -0.389. The van der Waals surface area contributed by atoms with Gasteiger partial charge in [-0.1, -0.05) is 32.4 Å². The van der Waals surface area contributed by atoms with Crippen molar-refractivity contribution < 1.29 is 22.8 Å². The van der Waals surface area contributed by atoms with Gasteiger partial charge in [-0.3, -0.25) is 14.5 Å². The number of aromatic nitrogens is 1. The zero-order valence-corrected chi connectivity index (χ0v) is 17.2. The van der Waals surface area contributed by atoms with E-state index in [1.165, 1.54) is 41.6 Å². The first-order chi connectivity index (χ1) is 14.2. The molecule has 2 amide bonds. The van der Waals surface area contributed by atoms with E-state index >= 15 is 0 Å². The van der Waals surface area contributed by atoms with Crippen molar-refractivity contribution in [2.24, 2.45) is 0 Å². The molecule has 0 aliphatic carbocycles. The number of anilines is 3. The maximum absolute atomic E-state index is 12.8. The highest BCUT2D eigenvalue weighted by Gasteiger charge is 2.29. The molecular formula is C21H25F3N4O2. The molecule has 1 N–H and O–H groups in total. The normalized spacial score (nSPS) is 13.0. The quantitative estimate of drug-likeness (QED) is 0.789. The number of carbonyl (C=O) groups excluding carboxylic acids is 2. The number of hydrogen-bond acceptors (Lipinski definition) is 4. The second kappa shape index (κ2) is 10.1. The minimum atomic E-state index is -4.24. The highest BCUT2D eigenvalue weighted by Crippen LogP contribution is 2.30. The van der Waals surface area contributed by atoms with E-state index in [1.807, 2.05) is 0 Å². The third kappa shape index (κ3) is 6.20. The van der Waals surface area contributed by atoms with Gasteiger partial charge >= 0.3 is 6.18 Å². The molecule has 0 saturated heterocycles. The Balaban J connectivity index is 0.00000101. The van der Waals surface area contributed by atoms with E-state index < -0.39 is 18.5 Å². The second-order valence-electron chi connectivity index (χ2n) is 6.86. The lowest BCUT2D eigenvalue weighted by Crippen LogP contribution is -2.42. The van der Waals surface area contributed by atoms with Gasteiger partial charge in [0.15, 0.2) is 0 Å². The molecule has 30 heavy (non-hydrogen) atoms. The predicted molar refractivity (Wildman–Crippen MR) is 111 cm³/mol. The Morgan fingerprint density at radius 3 is 2.47 bits per heavy atom. The summed E-state index contributed by atoms with van der Waals surface area (Å²) >= 11 is 0. The number of rotatable bonds is 4. The number of nitrogens with one attached hydrogen (secondary N) is 1. The van der Waals surface area contributed by atoms with Gasteiger partial charge in [-0.05, 0) is 24.3 Å². The highest BCUT2D eigenvalue weighted by atomic mass is 19.4. The van der Waals surface area contributed by atoms with E-state index in [0.29, 0.717) is 17.2 Å². The summed E-state index contributed by atoms with van der Waals surface area (Å²) in [6, 6.07) is 9.90. The van der Waals surface area contributed by atoms with Gasteiger partial charge in [0.2, 0.25) is 5.91 Å². The number of amides is 2. The minimum Gasteiger partial charge on any atom is -0.359 e. The zero-order chi connectivity index (χ0) is 22.3. The molecule has 1 aromatic carbocycles. The third-order valence-corrected chi connectivity index (χ3v) is 4.13. The maximum atomic E-state index is 12.8. The Labute approximate surface area is 173 Å². The summed E-state index contributed by atoms with van der Waals surface area (Å²) in [5.41, 5.74) is 1.36. The van der Waals surface area contributed by atoms with Crippen molar-refractivity contribution in [3.63, 3.8) is 0 Å². The lowest BCUT2D eigenvalue weighted by molar-refractivity contribution is -0.132. The lowest BCUT2D eigenvalue weighted by atomic mass is 10.1. The van der Waals surface area contributed by atoms with E-state index in [4.69, 9.17) is 0 Å². The third-order valence-electron chi connectivity index (χ3n) is 4.13. The van der Waals surface area contributed by atoms with Crippen LogP contribution >= 0.6 is 0 Å². The average Bonchev–Trinajstić information content (AvgIpc) is 2.71. The topological polar surface area (TPSA) is 65.5 Å². The molecule has 6 nitrogen and oxygen atoms in total. The number of hydrogen-bond donors (Lipinski definition) is 1. The molecule has 0 spiro atoms. The fraction of sp³-hybridized carbons (Fsp3) is 0.381. The van der Waals surface area contributed by atoms with Gasteiger partial charge in [0.05, 0.1) is 23.4 Å². The standard InChI is InChI=1S/C18H17F3N4O2.C3H8/c1-24(9-8-18(19,20)21)15-7-6-12(10-22-15)17(27)25-11-16(26)23-13-4-2-3-5-14(13)25;1-3-2/h2-7,10H,8-9,11H2,1H3,(H,23,26);3H2,1-2H3. The first-order valence-corrected chi connectivity index (χ1v) is 9.61. The van der Waals surface area contributed by atoms with Crippen LogP contribution in [0.25, 0.3) is 0 Å². The minimum absolute atomic E-state index is 0.122. The molecule has 2 heterocycles. The van der Waals surface area contributed by atoms with Gasteiger partial charge in [0, 0.05) is 19.8 Å². The summed E-state index contributed by atoms with van der Waals surface area (Å²) in [5, 5.41) is 2.70. The summed E-state index contributed by atoms with van der Waals surface area (Å²) in [7, 11) is 1.50. The SMILES string of the molecule is CCC.CN(CCC(F)(F)F)c1ccc(C(=O)N2CC(=O)Nc3ccccc32)cn1. The van der Waals surface area contributed by atoms with Gasteiger partial charge < -0.3 is 10.2 Å². The van der Waals surface area contributed by atoms with Gasteiger partial charge in [-0.15, -0.1) is 0 Å². The molecule has 162 valence electrons. The average molecular weight is 422 g/mol. The largest absolute Gasteiger partial charge is 0.390 e. The Kier molecular flexibility index (Phi) is 7.79. The van der Waals surface area contributed by atoms with Crippen molar-refractivity contribution in [3.8, 4) is 0 Å². The van der Waals surface area contributed by atoms with Crippen LogP contribution in [0, 0.1) is 0 Å². The molecule has 1 aromatic heterocycles. The molecule has 0 radical (unpaired) electrons. The predicted octanol–water partition coefficient (Wildman–Crippen LogP) is 4.49. The van der Waals surface area contributed by atoms with Crippen LogP contribution in [0.15, 0.2) is 42.6 Å². The molecule has 0 fully saturated rings. The summed E-state index contributed by atoms with van der Waals surface area (Å²) in [6.07, 6.45) is -2.64. The highest BCUT2D eigenvalue weighted by molar-refractivity contribution is 6.15. The Morgan fingerprint density at radius 1 is 1.20 bits per heavy atom. The van der Waals surface area contributed by atoms with Gasteiger partial charge in [0.1, 0.15) is 12.4 Å². The van der Waals surface area contributed by atoms with Crippen LogP contribution in [-0.4, -0.2) is 43.1 Å². The smallest absolute Gasteiger partial charge is 0.359 e. The molecule has 1 aliphatic heterocycles. The Bertz CT molecular complexity index is 869. The second-order valence-corrected chi connectivity index (χ2v) is 6.86. The van der Waals surface area contributed by atoms with E-state index in [9.17, 15) is 22.8 Å². The van der Waals surface area contributed by atoms with Crippen LogP contribution in [0.4, 0.5) is 30.4 Å². The number of pyridine rings is 1. The molecule has 2 aromatic rings.